The molecule has 0 aliphatic carbocycles. The number of aromatic nitrogens is 2. The minimum Gasteiger partial charge on any atom is -0.336 e. The van der Waals surface area contributed by atoms with Gasteiger partial charge in [0.05, 0.1) is 23.3 Å². The largest absolute Gasteiger partial charge is 0.336 e. The summed E-state index contributed by atoms with van der Waals surface area (Å²) in [5.74, 6) is -0.458. The molecule has 0 bridgehead atoms. The maximum Gasteiger partial charge on any atom is 0.261 e. The minimum absolute atomic E-state index is 0.0566. The number of nitrogens with one attached hydrogen (secondary N) is 1. The smallest absolute Gasteiger partial charge is 0.261 e. The lowest BCUT2D eigenvalue weighted by Crippen LogP contribution is -2.50. The summed E-state index contributed by atoms with van der Waals surface area (Å²) in [7, 11) is 0. The Morgan fingerprint density at radius 3 is 2.83 bits per heavy atom. The number of hydrogen-bond donors (Lipinski definition) is 1. The molecule has 1 heterocycles. The molecule has 1 atom stereocenters. The molecule has 1 N–H and O–H groups in total. The average Bonchev–Trinajstić information content (AvgIpc) is 2.50. The van der Waals surface area contributed by atoms with Crippen molar-refractivity contribution in [1.29, 1.82) is 5.26 Å². The van der Waals surface area contributed by atoms with Crippen molar-refractivity contribution in [3.8, 4) is 6.07 Å². The summed E-state index contributed by atoms with van der Waals surface area (Å²) in [5, 5.41) is 12.4. The van der Waals surface area contributed by atoms with E-state index >= 15 is 0 Å². The van der Waals surface area contributed by atoms with Crippen molar-refractivity contribution in [3.05, 3.63) is 39.4 Å². The van der Waals surface area contributed by atoms with Gasteiger partial charge in [-0.2, -0.15) is 5.26 Å². The Labute approximate surface area is 142 Å². The Balaban J connectivity index is 2.29. The quantitative estimate of drug-likeness (QED) is 0.885. The summed E-state index contributed by atoms with van der Waals surface area (Å²) < 4.78 is 2.00. The molecule has 0 saturated carbocycles. The number of halogens is 1. The Morgan fingerprint density at radius 1 is 1.52 bits per heavy atom. The lowest BCUT2D eigenvalue weighted by Gasteiger charge is -2.27. The van der Waals surface area contributed by atoms with E-state index in [1.807, 2.05) is 13.8 Å². The monoisotopic (exact) mass is 376 g/mol. The maximum absolute atomic E-state index is 12.4. The highest BCUT2D eigenvalue weighted by molar-refractivity contribution is 9.10. The van der Waals surface area contributed by atoms with E-state index in [4.69, 9.17) is 0 Å². The molecule has 0 spiro atoms. The molecule has 0 radical (unpaired) electrons. The minimum atomic E-state index is -0.978. The molecule has 120 valence electrons. The third-order valence-electron chi connectivity index (χ3n) is 3.89. The van der Waals surface area contributed by atoms with Crippen molar-refractivity contribution < 1.29 is 4.79 Å². The average molecular weight is 377 g/mol. The van der Waals surface area contributed by atoms with Gasteiger partial charge in [-0.1, -0.05) is 29.8 Å². The topological polar surface area (TPSA) is 87.8 Å². The van der Waals surface area contributed by atoms with Gasteiger partial charge in [-0.15, -0.1) is 0 Å². The first kappa shape index (κ1) is 17.2. The number of fused-ring (bicyclic) bond motifs is 1. The summed E-state index contributed by atoms with van der Waals surface area (Å²) in [6.07, 6.45) is 1.34. The predicted octanol–water partition coefficient (Wildman–Crippen LogP) is 2.21. The molecule has 1 amide bonds. The second-order valence-electron chi connectivity index (χ2n) is 5.86. The van der Waals surface area contributed by atoms with Crippen LogP contribution in [0.1, 0.15) is 20.8 Å². The predicted molar refractivity (Wildman–Crippen MR) is 90.7 cm³/mol. The van der Waals surface area contributed by atoms with E-state index in [1.54, 1.807) is 25.1 Å². The fourth-order valence-corrected chi connectivity index (χ4v) is 2.39. The van der Waals surface area contributed by atoms with Gasteiger partial charge in [0.1, 0.15) is 12.1 Å². The molecule has 0 unspecified atom stereocenters. The standard InChI is InChI=1S/C16H17BrN4O2/c1-10(2)16(3,8-18)20-14(22)7-21-9-19-13-5-4-11(17)6-12(13)15(21)23/h4-6,9-10H,7H2,1-3H3,(H,20,22)/t16-/m0/s1. The van der Waals surface area contributed by atoms with Crippen LogP contribution in [0.25, 0.3) is 10.9 Å². The van der Waals surface area contributed by atoms with E-state index in [1.165, 1.54) is 10.9 Å². The molecule has 0 saturated heterocycles. The molecule has 1 aromatic carbocycles. The summed E-state index contributed by atoms with van der Waals surface area (Å²) >= 11 is 3.32. The number of nitriles is 1. The van der Waals surface area contributed by atoms with Crippen molar-refractivity contribution in [2.45, 2.75) is 32.9 Å². The Bertz CT molecular complexity index is 853. The summed E-state index contributed by atoms with van der Waals surface area (Å²) in [4.78, 5) is 28.8. The number of benzene rings is 1. The number of nitrogens with zero attached hydrogens (tertiary/aromatic N) is 3. The van der Waals surface area contributed by atoms with Gasteiger partial charge in [0.2, 0.25) is 5.91 Å². The van der Waals surface area contributed by atoms with Gasteiger partial charge in [-0.3, -0.25) is 14.2 Å². The van der Waals surface area contributed by atoms with Crippen LogP contribution >= 0.6 is 15.9 Å². The third-order valence-corrected chi connectivity index (χ3v) is 4.38. The van der Waals surface area contributed by atoms with Crippen LogP contribution in [0.4, 0.5) is 0 Å². The van der Waals surface area contributed by atoms with Crippen LogP contribution in [-0.4, -0.2) is 21.0 Å². The molecule has 2 rings (SSSR count). The van der Waals surface area contributed by atoms with Crippen LogP contribution in [-0.2, 0) is 11.3 Å². The first-order chi connectivity index (χ1) is 10.8. The van der Waals surface area contributed by atoms with Gasteiger partial charge >= 0.3 is 0 Å². The summed E-state index contributed by atoms with van der Waals surface area (Å²) in [6, 6.07) is 7.31. The molecule has 1 aromatic heterocycles. The highest BCUT2D eigenvalue weighted by atomic mass is 79.9. The number of carbonyl (C=O) groups excluding carboxylic acids is 1. The van der Waals surface area contributed by atoms with E-state index in [2.05, 4.69) is 32.3 Å². The summed E-state index contributed by atoms with van der Waals surface area (Å²) in [5.41, 5.74) is -0.706. The third kappa shape index (κ3) is 3.59. The van der Waals surface area contributed by atoms with Crippen molar-refractivity contribution in [2.24, 2.45) is 5.92 Å². The van der Waals surface area contributed by atoms with Gasteiger partial charge in [0.25, 0.3) is 5.56 Å². The summed E-state index contributed by atoms with van der Waals surface area (Å²) in [6.45, 7) is 5.18. The number of amides is 1. The van der Waals surface area contributed by atoms with Gasteiger partial charge in [-0.25, -0.2) is 4.98 Å². The SMILES string of the molecule is CC(C)[C@](C)(C#N)NC(=O)Cn1cnc2ccc(Br)cc2c1=O. The van der Waals surface area contributed by atoms with Crippen molar-refractivity contribution in [1.82, 2.24) is 14.9 Å². The normalized spacial score (nSPS) is 13.6. The van der Waals surface area contributed by atoms with E-state index in [0.717, 1.165) is 4.47 Å². The number of hydrogen-bond acceptors (Lipinski definition) is 4. The Morgan fingerprint density at radius 2 is 2.22 bits per heavy atom. The molecular weight excluding hydrogens is 360 g/mol. The molecule has 0 aliphatic rings. The van der Waals surface area contributed by atoms with Crippen LogP contribution in [0.5, 0.6) is 0 Å². The van der Waals surface area contributed by atoms with Gasteiger partial charge < -0.3 is 5.32 Å². The highest BCUT2D eigenvalue weighted by Crippen LogP contribution is 2.16. The number of rotatable bonds is 4. The van der Waals surface area contributed by atoms with Crippen LogP contribution < -0.4 is 10.9 Å². The fraction of sp³-hybridized carbons (Fsp3) is 0.375. The van der Waals surface area contributed by atoms with Crippen molar-refractivity contribution in [3.63, 3.8) is 0 Å². The zero-order chi connectivity index (χ0) is 17.2. The lowest BCUT2D eigenvalue weighted by atomic mass is 9.90. The molecular formula is C16H17BrN4O2. The van der Waals surface area contributed by atoms with Gasteiger partial charge in [0.15, 0.2) is 0 Å². The maximum atomic E-state index is 12.4. The zero-order valence-electron chi connectivity index (χ0n) is 13.1. The van der Waals surface area contributed by atoms with Crippen LogP contribution in [0, 0.1) is 17.2 Å². The highest BCUT2D eigenvalue weighted by Gasteiger charge is 2.30. The van der Waals surface area contributed by atoms with Crippen LogP contribution in [0.15, 0.2) is 33.8 Å². The van der Waals surface area contributed by atoms with E-state index in [-0.39, 0.29) is 18.0 Å². The molecule has 0 aliphatic heterocycles. The molecule has 6 nitrogen and oxygen atoms in total. The second-order valence-corrected chi connectivity index (χ2v) is 6.77. The first-order valence-corrected chi connectivity index (χ1v) is 7.93. The molecule has 7 heteroatoms. The Kier molecular flexibility index (Phi) is 4.85. The van der Waals surface area contributed by atoms with Gasteiger partial charge in [-0.05, 0) is 31.0 Å². The van der Waals surface area contributed by atoms with Crippen LogP contribution in [0.2, 0.25) is 0 Å². The van der Waals surface area contributed by atoms with E-state index < -0.39 is 11.4 Å². The molecule has 23 heavy (non-hydrogen) atoms. The fourth-order valence-electron chi connectivity index (χ4n) is 2.03. The first-order valence-electron chi connectivity index (χ1n) is 7.14. The van der Waals surface area contributed by atoms with E-state index in [9.17, 15) is 14.9 Å². The Hall–Kier alpha value is -2.20. The lowest BCUT2D eigenvalue weighted by molar-refractivity contribution is -0.123. The van der Waals surface area contributed by atoms with E-state index in [0.29, 0.717) is 10.9 Å². The molecule has 0 fully saturated rings. The number of carbonyl (C=O) groups is 1. The molecule has 2 aromatic rings. The van der Waals surface area contributed by atoms with Crippen molar-refractivity contribution >= 4 is 32.7 Å². The second kappa shape index (κ2) is 6.50. The van der Waals surface area contributed by atoms with Gasteiger partial charge in [0, 0.05) is 4.47 Å². The zero-order valence-corrected chi connectivity index (χ0v) is 14.7. The van der Waals surface area contributed by atoms with Crippen LogP contribution in [0.3, 0.4) is 0 Å². The van der Waals surface area contributed by atoms with Crippen molar-refractivity contribution in [2.75, 3.05) is 0 Å².